The molecule has 8 heteroatoms. The van der Waals surface area contributed by atoms with Crippen molar-refractivity contribution in [2.24, 2.45) is 0 Å². The Balaban J connectivity index is 0.000000345. The maximum atomic E-state index is 9.93. The third kappa shape index (κ3) is 9.07. The van der Waals surface area contributed by atoms with Crippen LogP contribution in [-0.4, -0.2) is 19.5 Å². The molecule has 0 radical (unpaired) electrons. The number of rotatable bonds is 3. The average molecular weight is 527 g/mol. The van der Waals surface area contributed by atoms with Gasteiger partial charge in [-0.2, -0.15) is 0 Å². The Bertz CT molecular complexity index is 849. The van der Waals surface area contributed by atoms with Gasteiger partial charge in [-0.1, -0.05) is 53.6 Å². The molecule has 3 rings (SSSR count). The van der Waals surface area contributed by atoms with Gasteiger partial charge < -0.3 is 0 Å². The molecule has 0 saturated heterocycles. The molecule has 0 aliphatic carbocycles. The average Bonchev–Trinajstić information content (AvgIpc) is 2.57. The van der Waals surface area contributed by atoms with Crippen LogP contribution in [0.4, 0.5) is 16.9 Å². The zero-order valence-corrected chi connectivity index (χ0v) is 18.5. The summed E-state index contributed by atoms with van der Waals surface area (Å²) in [5.41, 5.74) is 2.61. The van der Waals surface area contributed by atoms with E-state index in [4.69, 9.17) is 0 Å². The van der Waals surface area contributed by atoms with Crippen LogP contribution in [0.1, 0.15) is 11.1 Å². The summed E-state index contributed by atoms with van der Waals surface area (Å²) in [5, 5.41) is 0. The third-order valence-electron chi connectivity index (χ3n) is 3.49. The Morgan fingerprint density at radius 2 is 0.786 bits per heavy atom. The molecule has 0 aromatic heterocycles. The van der Waals surface area contributed by atoms with E-state index in [1.54, 1.807) is 0 Å². The predicted octanol–water partition coefficient (Wildman–Crippen LogP) is 7.54. The van der Waals surface area contributed by atoms with Crippen molar-refractivity contribution in [1.29, 1.82) is 0 Å². The van der Waals surface area contributed by atoms with Gasteiger partial charge >= 0.3 is 36.4 Å². The van der Waals surface area contributed by atoms with E-state index in [0.29, 0.717) is 0 Å². The van der Waals surface area contributed by atoms with Crippen molar-refractivity contribution in [2.75, 3.05) is 0 Å². The van der Waals surface area contributed by atoms with E-state index in [1.165, 1.54) is 25.8 Å². The summed E-state index contributed by atoms with van der Waals surface area (Å²) in [6.07, 6.45) is 0. The first-order valence-corrected chi connectivity index (χ1v) is 15.2. The summed E-state index contributed by atoms with van der Waals surface area (Å²) < 4.78 is 59.6. The van der Waals surface area contributed by atoms with E-state index in [9.17, 15) is 16.9 Å². The van der Waals surface area contributed by atoms with Crippen molar-refractivity contribution in [3.8, 4) is 0 Å². The van der Waals surface area contributed by atoms with Gasteiger partial charge in [-0.25, -0.2) is 0 Å². The summed E-state index contributed by atoms with van der Waals surface area (Å²) >= 11 is -11.2. The molecule has 3 aromatic carbocycles. The number of benzene rings is 3. The summed E-state index contributed by atoms with van der Waals surface area (Å²) in [7, 11) is -0.0312. The van der Waals surface area contributed by atoms with Crippen molar-refractivity contribution >= 4 is 30.4 Å². The van der Waals surface area contributed by atoms with Gasteiger partial charge in [0.2, 0.25) is 0 Å². The van der Waals surface area contributed by atoms with Gasteiger partial charge in [-0.15, -0.1) is 0 Å². The molecule has 152 valence electrons. The van der Waals surface area contributed by atoms with Gasteiger partial charge in [0.15, 0.2) is 14.7 Å². The third-order valence-corrected chi connectivity index (χ3v) is 5.72. The molecule has 3 aromatic rings. The number of hydrogen-bond acceptors (Lipinski definition) is 0. The van der Waals surface area contributed by atoms with Crippen LogP contribution in [0.2, 0.25) is 0 Å². The van der Waals surface area contributed by atoms with Gasteiger partial charge in [0, 0.05) is 0 Å². The van der Waals surface area contributed by atoms with Crippen LogP contribution in [0.3, 0.4) is 0 Å². The first-order valence-electron chi connectivity index (χ1n) is 8.18. The zero-order valence-electron chi connectivity index (χ0n) is 15.1. The van der Waals surface area contributed by atoms with E-state index >= 15 is 0 Å². The molecule has 0 aliphatic heterocycles. The summed E-state index contributed by atoms with van der Waals surface area (Å²) in [6, 6.07) is 28.6. The van der Waals surface area contributed by atoms with Crippen molar-refractivity contribution in [2.45, 2.75) is 28.5 Å². The molecular weight excluding hydrogens is 508 g/mol. The SMILES string of the molecule is Cc1ccc([S+](c2ccccc2)c2ccc(C)cc2)cc1.[F][Sb-]([F])([F])([F])([F])[F]. The summed E-state index contributed by atoms with van der Waals surface area (Å²) in [5.74, 6) is 0. The van der Waals surface area contributed by atoms with Crippen molar-refractivity contribution in [3.63, 3.8) is 0 Å². The van der Waals surface area contributed by atoms with Gasteiger partial charge in [0.1, 0.15) is 0 Å². The molecule has 0 aliphatic rings. The second-order valence-electron chi connectivity index (χ2n) is 6.20. The first kappa shape index (κ1) is 22.7. The summed E-state index contributed by atoms with van der Waals surface area (Å²) in [6.45, 7) is 4.27. The fourth-order valence-corrected chi connectivity index (χ4v) is 4.38. The molecule has 0 N–H and O–H groups in total. The fraction of sp³-hybridized carbons (Fsp3) is 0.100. The molecule has 0 heterocycles. The molecule has 0 unspecified atom stereocenters. The quantitative estimate of drug-likeness (QED) is 0.188. The Kier molecular flexibility index (Phi) is 6.22. The zero-order chi connectivity index (χ0) is 21.1. The molecule has 0 bridgehead atoms. The van der Waals surface area contributed by atoms with Crippen LogP contribution in [0, 0.1) is 13.8 Å². The van der Waals surface area contributed by atoms with Crippen molar-refractivity contribution < 1.29 is 16.9 Å². The van der Waals surface area contributed by atoms with Crippen LogP contribution in [0.25, 0.3) is 0 Å². The van der Waals surface area contributed by atoms with E-state index in [-0.39, 0.29) is 10.9 Å². The number of aryl methyl sites for hydroxylation is 2. The van der Waals surface area contributed by atoms with Crippen LogP contribution in [-0.2, 0) is 10.9 Å². The van der Waals surface area contributed by atoms with Gasteiger partial charge in [0.25, 0.3) is 0 Å². The maximum absolute atomic E-state index is 11.2. The molecule has 0 saturated carbocycles. The van der Waals surface area contributed by atoms with Gasteiger partial charge in [-0.05, 0) is 50.2 Å². The predicted molar refractivity (Wildman–Crippen MR) is 103 cm³/mol. The van der Waals surface area contributed by atoms with E-state index in [0.717, 1.165) is 0 Å². The van der Waals surface area contributed by atoms with Crippen LogP contribution < -0.4 is 0 Å². The second kappa shape index (κ2) is 7.68. The standard InChI is InChI=1S/C20H19S.6FH.Sb/c1-16-8-12-19(13-9-16)21(18-6-4-3-5-7-18)20-14-10-17(2)11-15-20;;;;;;;/h3-15H,1-2H3;6*1H;/q+1;;;;;;;+5/p-6. The van der Waals surface area contributed by atoms with Crippen LogP contribution >= 0.6 is 0 Å². The summed E-state index contributed by atoms with van der Waals surface area (Å²) in [4.78, 5) is 4.11. The molecule has 0 amide bonds. The first-order chi connectivity index (χ1) is 12.7. The second-order valence-corrected chi connectivity index (χ2v) is 13.7. The topological polar surface area (TPSA) is 0 Å². The minimum atomic E-state index is -11.2. The molecule has 0 atom stereocenters. The molecule has 28 heavy (non-hydrogen) atoms. The molecule has 0 spiro atoms. The normalized spacial score (nSPS) is 13.9. The Morgan fingerprint density at radius 1 is 0.500 bits per heavy atom. The molecule has 0 fully saturated rings. The Labute approximate surface area is 165 Å². The monoisotopic (exact) mass is 526 g/mol. The number of hydrogen-bond donors (Lipinski definition) is 0. The van der Waals surface area contributed by atoms with Crippen molar-refractivity contribution in [1.82, 2.24) is 0 Å². The van der Waals surface area contributed by atoms with E-state index in [2.05, 4.69) is 92.7 Å². The molecule has 0 nitrogen and oxygen atoms in total. The van der Waals surface area contributed by atoms with Crippen molar-refractivity contribution in [3.05, 3.63) is 90.0 Å². The van der Waals surface area contributed by atoms with Gasteiger partial charge in [0.05, 0.1) is 10.9 Å². The van der Waals surface area contributed by atoms with Crippen LogP contribution in [0.15, 0.2) is 93.5 Å². The van der Waals surface area contributed by atoms with Gasteiger partial charge in [-0.3, -0.25) is 0 Å². The minimum absolute atomic E-state index is 0.0312. The molecular formula is C20H19F6SSb. The fourth-order valence-electron chi connectivity index (χ4n) is 2.31. The Hall–Kier alpha value is -1.59. The van der Waals surface area contributed by atoms with E-state index < -0.39 is 19.5 Å². The number of halogens is 6. The Morgan fingerprint density at radius 3 is 1.11 bits per heavy atom. The van der Waals surface area contributed by atoms with E-state index in [1.807, 2.05) is 0 Å². The van der Waals surface area contributed by atoms with Crippen LogP contribution in [0.5, 0.6) is 0 Å².